The Labute approximate surface area is 264 Å². The first-order chi connectivity index (χ1) is 21.4. The number of nitrogens with one attached hydrogen (secondary N) is 1. The number of rotatable bonds is 7. The summed E-state index contributed by atoms with van der Waals surface area (Å²) < 4.78 is 0. The number of imide groups is 2. The highest BCUT2D eigenvalue weighted by Gasteiger charge is 2.38. The number of carbonyl (C=O) groups excluding carboxylic acids is 4. The number of carbonyl (C=O) groups is 4. The van der Waals surface area contributed by atoms with Gasteiger partial charge >= 0.3 is 0 Å². The van der Waals surface area contributed by atoms with Gasteiger partial charge in [-0.05, 0) is 64.0 Å². The van der Waals surface area contributed by atoms with Crippen LogP contribution in [0.2, 0.25) is 0 Å². The molecule has 2 aromatic rings. The first-order valence-electron chi connectivity index (χ1n) is 14.4. The Morgan fingerprint density at radius 3 is 1.50 bits per heavy atom. The number of fused-ring (bicyclic) bond motifs is 2. The van der Waals surface area contributed by atoms with Crippen molar-refractivity contribution >= 4 is 46.4 Å². The lowest BCUT2D eigenvalue weighted by Gasteiger charge is -2.19. The number of amides is 4. The third-order valence-corrected chi connectivity index (χ3v) is 7.88. The SMILES string of the molecule is C.NCCN1CCCC1.Nc1cc2c(cc1[N+](=O)[O-])C(=O)N(CCN1CCCC1)C2=O.Nc1cc2c(cc1[N+](=O)[O-])C(=O)NC2=O. The first kappa shape index (κ1) is 35.5. The average Bonchev–Trinajstić information content (AvgIpc) is 3.79. The number of likely N-dealkylation sites (tertiary alicyclic amines) is 2. The number of anilines is 2. The predicted molar refractivity (Wildman–Crippen MR) is 169 cm³/mol. The standard InChI is InChI=1S/C14H16N4O4.C8H5N3O4.C6H14N2.CH4/c15-11-7-9-10(8-12(11)18(21)22)14(20)17(13(9)19)6-5-16-3-1-2-4-16;9-5-1-3-4(2-6(5)11(14)15)8(13)10-7(3)12;7-3-6-8-4-1-2-5-8;/h7-8H,1-6,15H2;1-2H,9H2,(H,10,12,13);1-7H2;1H4. The molecule has 46 heavy (non-hydrogen) atoms. The fourth-order valence-electron chi connectivity index (χ4n) is 5.52. The lowest BCUT2D eigenvalue weighted by Crippen LogP contribution is -2.37. The van der Waals surface area contributed by atoms with Gasteiger partial charge in [0.1, 0.15) is 11.4 Å². The molecule has 6 rings (SSSR count). The maximum Gasteiger partial charge on any atom is 0.292 e. The number of nitrogens with zero attached hydrogens (tertiary/aromatic N) is 5. The van der Waals surface area contributed by atoms with Crippen LogP contribution in [0.1, 0.15) is 74.5 Å². The van der Waals surface area contributed by atoms with Crippen LogP contribution in [0.25, 0.3) is 0 Å². The molecular weight excluding hydrogens is 602 g/mol. The van der Waals surface area contributed by atoms with Crippen molar-refractivity contribution in [1.82, 2.24) is 20.0 Å². The van der Waals surface area contributed by atoms with E-state index in [1.807, 2.05) is 5.32 Å². The van der Waals surface area contributed by atoms with Crippen molar-refractivity contribution in [3.63, 3.8) is 0 Å². The Hall–Kier alpha value is -5.00. The lowest BCUT2D eigenvalue weighted by atomic mass is 10.1. The molecule has 0 atom stereocenters. The number of nitro benzene ring substituents is 2. The van der Waals surface area contributed by atoms with Gasteiger partial charge in [-0.15, -0.1) is 0 Å². The zero-order valence-corrected chi connectivity index (χ0v) is 24.5. The van der Waals surface area contributed by atoms with E-state index >= 15 is 0 Å². The molecule has 2 fully saturated rings. The smallest absolute Gasteiger partial charge is 0.292 e. The van der Waals surface area contributed by atoms with E-state index in [-0.39, 0.29) is 52.4 Å². The second-order valence-electron chi connectivity index (χ2n) is 10.9. The van der Waals surface area contributed by atoms with Crippen molar-refractivity contribution in [2.75, 3.05) is 63.8 Å². The van der Waals surface area contributed by atoms with Crippen molar-refractivity contribution in [3.8, 4) is 0 Å². The number of hydrogen-bond acceptors (Lipinski definition) is 13. The van der Waals surface area contributed by atoms with Gasteiger partial charge in [0.2, 0.25) is 0 Å². The van der Waals surface area contributed by atoms with E-state index in [4.69, 9.17) is 17.2 Å². The van der Waals surface area contributed by atoms with Crippen LogP contribution in [0, 0.1) is 20.2 Å². The largest absolute Gasteiger partial charge is 0.393 e. The van der Waals surface area contributed by atoms with Gasteiger partial charge in [-0.25, -0.2) is 0 Å². The number of nitrogens with two attached hydrogens (primary N) is 3. The van der Waals surface area contributed by atoms with Crippen LogP contribution in [0.15, 0.2) is 24.3 Å². The van der Waals surface area contributed by atoms with Gasteiger partial charge in [0.15, 0.2) is 0 Å². The van der Waals surface area contributed by atoms with Crippen LogP contribution in [-0.2, 0) is 0 Å². The molecule has 17 nitrogen and oxygen atoms in total. The quantitative estimate of drug-likeness (QED) is 0.145. The molecule has 0 aromatic heterocycles. The summed E-state index contributed by atoms with van der Waals surface area (Å²) in [6, 6.07) is 4.46. The summed E-state index contributed by atoms with van der Waals surface area (Å²) in [6.07, 6.45) is 5.01. The number of hydrogen-bond donors (Lipinski definition) is 4. The fourth-order valence-corrected chi connectivity index (χ4v) is 5.52. The van der Waals surface area contributed by atoms with Crippen molar-refractivity contribution in [2.45, 2.75) is 33.1 Å². The molecule has 4 heterocycles. The molecule has 2 saturated heterocycles. The van der Waals surface area contributed by atoms with Crippen LogP contribution in [0.5, 0.6) is 0 Å². The van der Waals surface area contributed by atoms with Gasteiger partial charge in [0.25, 0.3) is 35.0 Å². The van der Waals surface area contributed by atoms with Gasteiger partial charge in [-0.3, -0.25) is 49.6 Å². The number of nitro groups is 2. The van der Waals surface area contributed by atoms with E-state index in [0.717, 1.165) is 62.1 Å². The zero-order valence-electron chi connectivity index (χ0n) is 24.5. The van der Waals surface area contributed by atoms with E-state index in [1.54, 1.807) is 0 Å². The van der Waals surface area contributed by atoms with Gasteiger partial charge in [-0.1, -0.05) is 7.43 Å². The van der Waals surface area contributed by atoms with Crippen LogP contribution in [0.4, 0.5) is 22.7 Å². The molecule has 0 radical (unpaired) electrons. The summed E-state index contributed by atoms with van der Waals surface area (Å²) in [4.78, 5) is 72.8. The average molecular weight is 642 g/mol. The lowest BCUT2D eigenvalue weighted by molar-refractivity contribution is -0.384. The molecule has 4 aliphatic rings. The van der Waals surface area contributed by atoms with Gasteiger partial charge < -0.3 is 27.0 Å². The molecule has 2 aromatic carbocycles. The highest BCUT2D eigenvalue weighted by atomic mass is 16.6. The van der Waals surface area contributed by atoms with Crippen molar-refractivity contribution < 1.29 is 29.0 Å². The fraction of sp³-hybridized carbons (Fsp3) is 0.448. The van der Waals surface area contributed by atoms with E-state index in [1.165, 1.54) is 32.0 Å². The Morgan fingerprint density at radius 1 is 0.652 bits per heavy atom. The minimum absolute atomic E-state index is 0. The second-order valence-corrected chi connectivity index (χ2v) is 10.9. The highest BCUT2D eigenvalue weighted by Crippen LogP contribution is 2.32. The minimum Gasteiger partial charge on any atom is -0.393 e. The Balaban J connectivity index is 0.000000207. The van der Waals surface area contributed by atoms with Crippen LogP contribution in [-0.4, -0.2) is 101 Å². The molecular formula is C29H39N9O8. The molecule has 0 unspecified atom stereocenters. The molecule has 0 saturated carbocycles. The maximum absolute atomic E-state index is 12.3. The minimum atomic E-state index is -0.703. The summed E-state index contributed by atoms with van der Waals surface area (Å²) in [5.74, 6) is -2.14. The van der Waals surface area contributed by atoms with Gasteiger partial charge in [0, 0.05) is 38.3 Å². The second kappa shape index (κ2) is 15.3. The Kier molecular flexibility index (Phi) is 11.8. The van der Waals surface area contributed by atoms with Crippen molar-refractivity contribution in [1.29, 1.82) is 0 Å². The van der Waals surface area contributed by atoms with Crippen LogP contribution < -0.4 is 22.5 Å². The molecule has 4 amide bonds. The molecule has 0 bridgehead atoms. The summed E-state index contributed by atoms with van der Waals surface area (Å²) in [6.45, 7) is 7.33. The van der Waals surface area contributed by atoms with E-state index in [9.17, 15) is 39.4 Å². The van der Waals surface area contributed by atoms with Crippen LogP contribution in [0.3, 0.4) is 0 Å². The summed E-state index contributed by atoms with van der Waals surface area (Å²) >= 11 is 0. The zero-order chi connectivity index (χ0) is 32.8. The number of benzene rings is 2. The molecule has 0 spiro atoms. The van der Waals surface area contributed by atoms with Crippen molar-refractivity contribution in [2.24, 2.45) is 5.73 Å². The topological polar surface area (TPSA) is 254 Å². The van der Waals surface area contributed by atoms with Gasteiger partial charge in [-0.2, -0.15) is 0 Å². The normalized spacial score (nSPS) is 16.9. The Bertz CT molecular complexity index is 1540. The Morgan fingerprint density at radius 2 is 1.04 bits per heavy atom. The summed E-state index contributed by atoms with van der Waals surface area (Å²) in [7, 11) is 0. The monoisotopic (exact) mass is 641 g/mol. The molecule has 0 aliphatic carbocycles. The maximum atomic E-state index is 12.3. The van der Waals surface area contributed by atoms with E-state index in [2.05, 4.69) is 9.80 Å². The molecule has 7 N–H and O–H groups in total. The van der Waals surface area contributed by atoms with E-state index < -0.39 is 33.5 Å². The molecule has 248 valence electrons. The molecule has 4 aliphatic heterocycles. The van der Waals surface area contributed by atoms with Crippen LogP contribution >= 0.6 is 0 Å². The summed E-state index contributed by atoms with van der Waals surface area (Å²) in [5, 5.41) is 23.4. The molecule has 17 heteroatoms. The number of nitrogen functional groups attached to an aromatic ring is 2. The first-order valence-corrected chi connectivity index (χ1v) is 14.4. The van der Waals surface area contributed by atoms with Crippen molar-refractivity contribution in [3.05, 3.63) is 66.7 Å². The third kappa shape index (κ3) is 7.79. The van der Waals surface area contributed by atoms with Gasteiger partial charge in [0.05, 0.1) is 32.1 Å². The summed E-state index contributed by atoms with van der Waals surface area (Å²) in [5.41, 5.74) is 15.6. The highest BCUT2D eigenvalue weighted by molar-refractivity contribution is 6.23. The third-order valence-electron chi connectivity index (χ3n) is 7.88. The predicted octanol–water partition coefficient (Wildman–Crippen LogP) is 1.61. The van der Waals surface area contributed by atoms with E-state index in [0.29, 0.717) is 13.1 Å².